The Morgan fingerprint density at radius 1 is 1.06 bits per heavy atom. The highest BCUT2D eigenvalue weighted by atomic mass is 35.5. The molecule has 2 fully saturated rings. The number of nitrogens with one attached hydrogen (secondary N) is 1. The van der Waals surface area contributed by atoms with Crippen LogP contribution in [0.3, 0.4) is 0 Å². The van der Waals surface area contributed by atoms with Gasteiger partial charge in [-0.05, 0) is 61.4 Å². The smallest absolute Gasteiger partial charge is 0.314 e. The lowest BCUT2D eigenvalue weighted by molar-refractivity contribution is -0.137. The van der Waals surface area contributed by atoms with Crippen molar-refractivity contribution in [3.8, 4) is 0 Å². The normalized spacial score (nSPS) is 16.2. The highest BCUT2D eigenvalue weighted by molar-refractivity contribution is 6.30. The van der Waals surface area contributed by atoms with Gasteiger partial charge in [0.15, 0.2) is 0 Å². The average molecular weight is 481 g/mol. The fraction of sp³-hybridized carbons (Fsp3) is 0.318. The van der Waals surface area contributed by atoms with Crippen molar-refractivity contribution in [2.75, 3.05) is 30.0 Å². The molecule has 1 heterocycles. The van der Waals surface area contributed by atoms with Gasteiger partial charge in [-0.3, -0.25) is 14.5 Å². The average Bonchev–Trinajstić information content (AvgIpc) is 3.53. The lowest BCUT2D eigenvalue weighted by Crippen LogP contribution is -2.45. The second-order valence-corrected chi connectivity index (χ2v) is 8.33. The standard InChI is InChI=1S/C22H20ClF3N4O3/c23-15-3-7-18(8-4-15)30-13-28(11-20(30)32)19(31)12-29(17-9-10-17)21(33)27-16-5-1-14(2-6-16)22(24,25)26/h1-8,17H,9-13H2,(H,27,33). The summed E-state index contributed by atoms with van der Waals surface area (Å²) in [6.07, 6.45) is -3.02. The predicted molar refractivity (Wildman–Crippen MR) is 116 cm³/mol. The number of amides is 4. The first-order chi connectivity index (χ1) is 15.6. The molecule has 0 aromatic heterocycles. The molecule has 2 aromatic rings. The van der Waals surface area contributed by atoms with Gasteiger partial charge >= 0.3 is 12.2 Å². The molecule has 33 heavy (non-hydrogen) atoms. The van der Waals surface area contributed by atoms with E-state index in [0.29, 0.717) is 10.7 Å². The molecule has 0 atom stereocenters. The number of carbonyl (C=O) groups excluding carboxylic acids is 3. The molecule has 2 aliphatic rings. The van der Waals surface area contributed by atoms with Crippen LogP contribution >= 0.6 is 11.6 Å². The Balaban J connectivity index is 1.39. The van der Waals surface area contributed by atoms with Crippen LogP contribution in [0, 0.1) is 0 Å². The highest BCUT2D eigenvalue weighted by Gasteiger charge is 2.38. The Labute approximate surface area is 192 Å². The second-order valence-electron chi connectivity index (χ2n) is 7.90. The first-order valence-corrected chi connectivity index (χ1v) is 10.6. The minimum atomic E-state index is -4.47. The number of urea groups is 1. The van der Waals surface area contributed by atoms with Crippen LogP contribution in [0.2, 0.25) is 5.02 Å². The molecular weight excluding hydrogens is 461 g/mol. The number of hydrogen-bond donors (Lipinski definition) is 1. The summed E-state index contributed by atoms with van der Waals surface area (Å²) < 4.78 is 38.2. The molecule has 0 spiro atoms. The van der Waals surface area contributed by atoms with E-state index < -0.39 is 23.7 Å². The van der Waals surface area contributed by atoms with Crippen molar-refractivity contribution in [1.29, 1.82) is 0 Å². The fourth-order valence-corrected chi connectivity index (χ4v) is 3.62. The van der Waals surface area contributed by atoms with E-state index >= 15 is 0 Å². The number of benzene rings is 2. The maximum Gasteiger partial charge on any atom is 0.416 e. The molecule has 1 saturated heterocycles. The zero-order chi connectivity index (χ0) is 23.8. The number of halogens is 4. The summed E-state index contributed by atoms with van der Waals surface area (Å²) in [6, 6.07) is 10.0. The Morgan fingerprint density at radius 2 is 1.70 bits per heavy atom. The first-order valence-electron chi connectivity index (χ1n) is 10.2. The minimum absolute atomic E-state index is 0.0539. The molecule has 11 heteroatoms. The van der Waals surface area contributed by atoms with E-state index in [4.69, 9.17) is 11.6 Å². The van der Waals surface area contributed by atoms with Crippen LogP contribution in [-0.2, 0) is 15.8 Å². The van der Waals surface area contributed by atoms with Crippen molar-refractivity contribution in [1.82, 2.24) is 9.80 Å². The second kappa shape index (κ2) is 8.93. The van der Waals surface area contributed by atoms with E-state index in [2.05, 4.69) is 5.32 Å². The maximum absolute atomic E-state index is 12.9. The van der Waals surface area contributed by atoms with E-state index in [0.717, 1.165) is 37.1 Å². The van der Waals surface area contributed by atoms with Crippen molar-refractivity contribution in [2.24, 2.45) is 0 Å². The molecule has 1 aliphatic carbocycles. The zero-order valence-electron chi connectivity index (χ0n) is 17.3. The molecule has 7 nitrogen and oxygen atoms in total. The van der Waals surface area contributed by atoms with E-state index in [-0.39, 0.29) is 37.4 Å². The maximum atomic E-state index is 12.9. The minimum Gasteiger partial charge on any atom is -0.314 e. The van der Waals surface area contributed by atoms with Crippen molar-refractivity contribution in [2.45, 2.75) is 25.1 Å². The Bertz CT molecular complexity index is 1060. The van der Waals surface area contributed by atoms with Crippen LogP contribution in [0.1, 0.15) is 18.4 Å². The third-order valence-electron chi connectivity index (χ3n) is 5.45. The summed E-state index contributed by atoms with van der Waals surface area (Å²) in [5.41, 5.74) is -0.0196. The van der Waals surface area contributed by atoms with Gasteiger partial charge < -0.3 is 15.1 Å². The van der Waals surface area contributed by atoms with Crippen molar-refractivity contribution in [3.05, 3.63) is 59.1 Å². The number of carbonyl (C=O) groups is 3. The van der Waals surface area contributed by atoms with Crippen molar-refractivity contribution in [3.63, 3.8) is 0 Å². The lowest BCUT2D eigenvalue weighted by Gasteiger charge is -2.25. The van der Waals surface area contributed by atoms with Crippen molar-refractivity contribution < 1.29 is 27.6 Å². The number of nitrogens with zero attached hydrogens (tertiary/aromatic N) is 3. The first kappa shape index (κ1) is 22.9. The quantitative estimate of drug-likeness (QED) is 0.697. The van der Waals surface area contributed by atoms with Gasteiger partial charge in [0.25, 0.3) is 0 Å². The lowest BCUT2D eigenvalue weighted by atomic mass is 10.2. The third-order valence-corrected chi connectivity index (χ3v) is 5.70. The van der Waals surface area contributed by atoms with Gasteiger partial charge in [0.05, 0.1) is 5.56 Å². The van der Waals surface area contributed by atoms with Crippen molar-refractivity contribution >= 4 is 40.8 Å². The number of rotatable bonds is 5. The van der Waals surface area contributed by atoms with Gasteiger partial charge in [0, 0.05) is 22.4 Å². The molecule has 1 N–H and O–H groups in total. The summed E-state index contributed by atoms with van der Waals surface area (Å²) in [6.45, 7) is -0.294. The number of anilines is 2. The van der Waals surface area contributed by atoms with Crippen LogP contribution < -0.4 is 10.2 Å². The topological polar surface area (TPSA) is 73.0 Å². The van der Waals surface area contributed by atoms with Gasteiger partial charge in [-0.25, -0.2) is 4.79 Å². The Kier molecular flexibility index (Phi) is 6.20. The monoisotopic (exact) mass is 480 g/mol. The Hall–Kier alpha value is -3.27. The molecule has 4 rings (SSSR count). The molecule has 2 aromatic carbocycles. The summed E-state index contributed by atoms with van der Waals surface area (Å²) in [7, 11) is 0. The SMILES string of the molecule is O=C(CN(C(=O)Nc1ccc(C(F)(F)F)cc1)C1CC1)N1CC(=O)N(c2ccc(Cl)cc2)C1. The van der Waals surface area contributed by atoms with E-state index in [9.17, 15) is 27.6 Å². The largest absolute Gasteiger partial charge is 0.416 e. The third kappa shape index (κ3) is 5.39. The number of hydrogen-bond acceptors (Lipinski definition) is 3. The van der Waals surface area contributed by atoms with Crippen LogP contribution in [0.25, 0.3) is 0 Å². The van der Waals surface area contributed by atoms with Gasteiger partial charge in [-0.2, -0.15) is 13.2 Å². The molecule has 174 valence electrons. The molecule has 0 unspecified atom stereocenters. The van der Waals surface area contributed by atoms with Gasteiger partial charge in [0.2, 0.25) is 11.8 Å². The van der Waals surface area contributed by atoms with E-state index in [1.807, 2.05) is 0 Å². The van der Waals surface area contributed by atoms with Crippen LogP contribution in [0.4, 0.5) is 29.3 Å². The van der Waals surface area contributed by atoms with Crippen LogP contribution in [0.5, 0.6) is 0 Å². The highest BCUT2D eigenvalue weighted by Crippen LogP contribution is 2.31. The molecule has 0 radical (unpaired) electrons. The molecule has 4 amide bonds. The van der Waals surface area contributed by atoms with Gasteiger partial charge in [-0.1, -0.05) is 11.6 Å². The molecule has 0 bridgehead atoms. The van der Waals surface area contributed by atoms with Gasteiger partial charge in [0.1, 0.15) is 19.8 Å². The molecular formula is C22H20ClF3N4O3. The van der Waals surface area contributed by atoms with E-state index in [1.165, 1.54) is 14.7 Å². The Morgan fingerprint density at radius 3 is 2.27 bits per heavy atom. The fourth-order valence-electron chi connectivity index (χ4n) is 3.50. The summed E-state index contributed by atoms with van der Waals surface area (Å²) >= 11 is 5.88. The van der Waals surface area contributed by atoms with E-state index in [1.54, 1.807) is 24.3 Å². The van der Waals surface area contributed by atoms with Crippen LogP contribution in [-0.4, -0.2) is 53.4 Å². The summed E-state index contributed by atoms with van der Waals surface area (Å²) in [5, 5.41) is 3.07. The summed E-state index contributed by atoms with van der Waals surface area (Å²) in [4.78, 5) is 42.2. The molecule has 1 saturated carbocycles. The number of alkyl halides is 3. The van der Waals surface area contributed by atoms with Gasteiger partial charge in [-0.15, -0.1) is 0 Å². The summed E-state index contributed by atoms with van der Waals surface area (Å²) in [5.74, 6) is -0.646. The zero-order valence-corrected chi connectivity index (χ0v) is 18.1. The molecule has 1 aliphatic heterocycles. The van der Waals surface area contributed by atoms with Crippen LogP contribution in [0.15, 0.2) is 48.5 Å². The predicted octanol–water partition coefficient (Wildman–Crippen LogP) is 4.19.